The van der Waals surface area contributed by atoms with Crippen molar-refractivity contribution in [1.82, 2.24) is 0 Å². The van der Waals surface area contributed by atoms with Gasteiger partial charge in [0.05, 0.1) is 0 Å². The molecule has 88 valence electrons. The lowest BCUT2D eigenvalue weighted by Gasteiger charge is -2.14. The lowest BCUT2D eigenvalue weighted by Crippen LogP contribution is -2.07. The van der Waals surface area contributed by atoms with Gasteiger partial charge >= 0.3 is 0 Å². The second-order valence-electron chi connectivity index (χ2n) is 4.15. The van der Waals surface area contributed by atoms with Crippen molar-refractivity contribution in [2.45, 2.75) is 27.7 Å². The highest BCUT2D eigenvalue weighted by Gasteiger charge is 2.29. The van der Waals surface area contributed by atoms with Crippen molar-refractivity contribution in [2.75, 3.05) is 12.3 Å². The van der Waals surface area contributed by atoms with Crippen LogP contribution in [0.15, 0.2) is 18.2 Å². The van der Waals surface area contributed by atoms with Gasteiger partial charge < -0.3 is 4.57 Å². The van der Waals surface area contributed by atoms with Gasteiger partial charge in [0.1, 0.15) is 0 Å². The Morgan fingerprint density at radius 3 is 2.19 bits per heavy atom. The Morgan fingerprint density at radius 1 is 1.19 bits per heavy atom. The minimum absolute atomic E-state index is 0.157. The van der Waals surface area contributed by atoms with Crippen molar-refractivity contribution in [3.8, 4) is 0 Å². The highest BCUT2D eigenvalue weighted by atomic mass is 31.2. The van der Waals surface area contributed by atoms with Crippen molar-refractivity contribution in [1.29, 1.82) is 0 Å². The zero-order valence-electron chi connectivity index (χ0n) is 10.4. The molecule has 1 rings (SSSR count). The first-order valence-electron chi connectivity index (χ1n) is 5.65. The van der Waals surface area contributed by atoms with Gasteiger partial charge in [-0.1, -0.05) is 37.6 Å². The zero-order chi connectivity index (χ0) is 12.3. The number of rotatable bonds is 4. The van der Waals surface area contributed by atoms with E-state index in [0.717, 1.165) is 11.1 Å². The van der Waals surface area contributed by atoms with Gasteiger partial charge in [-0.25, -0.2) is 0 Å². The Kier molecular flexibility index (Phi) is 4.09. The van der Waals surface area contributed by atoms with Crippen LogP contribution in [0.1, 0.15) is 35.3 Å². The van der Waals surface area contributed by atoms with Gasteiger partial charge in [-0.2, -0.15) is 0 Å². The molecule has 0 spiro atoms. The van der Waals surface area contributed by atoms with Gasteiger partial charge in [0.15, 0.2) is 7.14 Å². The zero-order valence-corrected chi connectivity index (χ0v) is 11.3. The molecule has 2 nitrogen and oxygen atoms in total. The Labute approximate surface area is 97.4 Å². The molecule has 0 heterocycles. The third-order valence-corrected chi connectivity index (χ3v) is 6.03. The van der Waals surface area contributed by atoms with Crippen molar-refractivity contribution in [3.63, 3.8) is 0 Å². The predicted octanol–water partition coefficient (Wildman–Crippen LogP) is 3.85. The van der Waals surface area contributed by atoms with Gasteiger partial charge in [-0.15, -0.1) is 0 Å². The molecule has 0 radical (unpaired) electrons. The Bertz CT molecular complexity index is 441. The first-order valence-corrected chi connectivity index (χ1v) is 7.72. The van der Waals surface area contributed by atoms with Crippen LogP contribution in [0.5, 0.6) is 0 Å². The fourth-order valence-electron chi connectivity index (χ4n) is 1.78. The highest BCUT2D eigenvalue weighted by Crippen LogP contribution is 2.48. The summed E-state index contributed by atoms with van der Waals surface area (Å²) in [5, 5.41) is 0. The number of benzene rings is 1. The van der Waals surface area contributed by atoms with Crippen LogP contribution in [0.2, 0.25) is 0 Å². The number of hydrogen-bond donors (Lipinski definition) is 0. The molecule has 0 aliphatic rings. The summed E-state index contributed by atoms with van der Waals surface area (Å²) in [6.45, 7) is 7.54. The summed E-state index contributed by atoms with van der Waals surface area (Å²) in [5.41, 5.74) is 2.51. The molecule has 0 unspecified atom stereocenters. The van der Waals surface area contributed by atoms with Crippen LogP contribution in [0.4, 0.5) is 0 Å². The third kappa shape index (κ3) is 2.44. The van der Waals surface area contributed by atoms with Gasteiger partial charge in [-0.05, 0) is 19.4 Å². The molecule has 0 fully saturated rings. The number of carbonyl (C=O) groups excluding carboxylic acids is 1. The summed E-state index contributed by atoms with van der Waals surface area (Å²) in [6.07, 6.45) is 0.908. The maximum Gasteiger partial charge on any atom is 0.221 e. The first kappa shape index (κ1) is 13.2. The first-order chi connectivity index (χ1) is 7.44. The average molecular weight is 238 g/mol. The van der Waals surface area contributed by atoms with E-state index in [1.54, 1.807) is 6.07 Å². The van der Waals surface area contributed by atoms with Crippen LogP contribution in [0, 0.1) is 13.8 Å². The molecule has 0 saturated carbocycles. The second-order valence-corrected chi connectivity index (χ2v) is 7.60. The smallest absolute Gasteiger partial charge is 0.221 e. The molecule has 0 aliphatic carbocycles. The standard InChI is InChI=1S/C13H19O2P/c1-5-16(15,6-2)13(14)12-8-7-10(3)9-11(12)4/h7-9H,5-6H2,1-4H3. The molecular formula is C13H19O2P. The molecule has 16 heavy (non-hydrogen) atoms. The molecule has 0 N–H and O–H groups in total. The molecule has 0 amide bonds. The average Bonchev–Trinajstić information content (AvgIpc) is 2.27. The molecule has 0 saturated heterocycles. The van der Waals surface area contributed by atoms with Gasteiger partial charge in [0.2, 0.25) is 5.52 Å². The van der Waals surface area contributed by atoms with E-state index in [0.29, 0.717) is 17.9 Å². The molecule has 3 heteroatoms. The molecular weight excluding hydrogens is 219 g/mol. The van der Waals surface area contributed by atoms with E-state index in [1.165, 1.54) is 0 Å². The summed E-state index contributed by atoms with van der Waals surface area (Å²) in [6, 6.07) is 5.66. The number of hydrogen-bond acceptors (Lipinski definition) is 2. The summed E-state index contributed by atoms with van der Waals surface area (Å²) >= 11 is 0. The summed E-state index contributed by atoms with van der Waals surface area (Å²) < 4.78 is 12.3. The normalized spacial score (nSPS) is 11.5. The maximum atomic E-state index is 12.3. The topological polar surface area (TPSA) is 34.1 Å². The molecule has 0 bridgehead atoms. The van der Waals surface area contributed by atoms with E-state index in [2.05, 4.69) is 0 Å². The number of carbonyl (C=O) groups is 1. The Hall–Kier alpha value is -0.880. The number of aryl methyl sites for hydroxylation is 2. The fourth-order valence-corrected chi connectivity index (χ4v) is 3.50. The van der Waals surface area contributed by atoms with Crippen LogP contribution in [0.25, 0.3) is 0 Å². The maximum absolute atomic E-state index is 12.3. The Balaban J connectivity index is 3.20. The summed E-state index contributed by atoms with van der Waals surface area (Å²) in [5.74, 6) is 0. The largest absolute Gasteiger partial charge is 0.315 e. The van der Waals surface area contributed by atoms with Gasteiger partial charge in [0, 0.05) is 17.9 Å². The molecule has 1 aromatic rings. The van der Waals surface area contributed by atoms with Crippen molar-refractivity contribution >= 4 is 12.7 Å². The van der Waals surface area contributed by atoms with E-state index >= 15 is 0 Å². The van der Waals surface area contributed by atoms with Crippen molar-refractivity contribution < 1.29 is 9.36 Å². The van der Waals surface area contributed by atoms with Gasteiger partial charge in [-0.3, -0.25) is 4.79 Å². The van der Waals surface area contributed by atoms with E-state index in [4.69, 9.17) is 0 Å². The van der Waals surface area contributed by atoms with Crippen molar-refractivity contribution in [2.24, 2.45) is 0 Å². The van der Waals surface area contributed by atoms with E-state index < -0.39 is 7.14 Å². The lowest BCUT2D eigenvalue weighted by atomic mass is 10.1. The van der Waals surface area contributed by atoms with Crippen LogP contribution in [0.3, 0.4) is 0 Å². The monoisotopic (exact) mass is 238 g/mol. The van der Waals surface area contributed by atoms with Gasteiger partial charge in [0.25, 0.3) is 0 Å². The van der Waals surface area contributed by atoms with Crippen LogP contribution in [-0.2, 0) is 4.57 Å². The Morgan fingerprint density at radius 2 is 1.75 bits per heavy atom. The second kappa shape index (κ2) is 4.97. The molecule has 0 aliphatic heterocycles. The minimum atomic E-state index is -2.68. The van der Waals surface area contributed by atoms with E-state index in [-0.39, 0.29) is 5.52 Å². The van der Waals surface area contributed by atoms with Crippen LogP contribution >= 0.6 is 7.14 Å². The summed E-state index contributed by atoms with van der Waals surface area (Å²) in [7, 11) is -2.68. The molecule has 1 aromatic carbocycles. The summed E-state index contributed by atoms with van der Waals surface area (Å²) in [4.78, 5) is 12.2. The minimum Gasteiger partial charge on any atom is -0.315 e. The van der Waals surface area contributed by atoms with Crippen molar-refractivity contribution in [3.05, 3.63) is 34.9 Å². The predicted molar refractivity (Wildman–Crippen MR) is 68.9 cm³/mol. The van der Waals surface area contributed by atoms with Crippen LogP contribution < -0.4 is 0 Å². The highest BCUT2D eigenvalue weighted by molar-refractivity contribution is 7.81. The molecule has 0 atom stereocenters. The quantitative estimate of drug-likeness (QED) is 0.747. The van der Waals surface area contributed by atoms with Crippen LogP contribution in [-0.4, -0.2) is 17.8 Å². The molecule has 0 aromatic heterocycles. The van der Waals surface area contributed by atoms with E-state index in [1.807, 2.05) is 39.8 Å². The SMILES string of the molecule is CCP(=O)(CC)C(=O)c1ccc(C)cc1C. The lowest BCUT2D eigenvalue weighted by molar-refractivity contribution is 0.107. The van der Waals surface area contributed by atoms with E-state index in [9.17, 15) is 9.36 Å². The third-order valence-electron chi connectivity index (χ3n) is 3.00. The fraction of sp³-hybridized carbons (Fsp3) is 0.462.